The molecule has 2 heterocycles. The number of rotatable bonds is 4. The summed E-state index contributed by atoms with van der Waals surface area (Å²) in [5, 5.41) is 10.1. The second kappa shape index (κ2) is 9.21. The average Bonchev–Trinajstić information content (AvgIpc) is 3.24. The van der Waals surface area contributed by atoms with Crippen molar-refractivity contribution in [3.8, 4) is 28.3 Å². The number of nitriles is 1. The molecule has 5 rings (SSSR count). The number of benzene rings is 3. The fourth-order valence-corrected chi connectivity index (χ4v) is 4.77. The Hall–Kier alpha value is -3.60. The molecule has 0 bridgehead atoms. The van der Waals surface area contributed by atoms with E-state index in [2.05, 4.69) is 11.0 Å². The highest BCUT2D eigenvalue weighted by atomic mass is 19.4. The van der Waals surface area contributed by atoms with Crippen LogP contribution in [0.25, 0.3) is 33.2 Å². The Labute approximate surface area is 201 Å². The second-order valence-corrected chi connectivity index (χ2v) is 9.06. The number of nitrogens with two attached hydrogens (primary N) is 1. The number of fused-ring (bicyclic) bond motifs is 1. The average molecular weight is 476 g/mol. The molecular formula is C28H24F3N3O. The molecule has 7 heteroatoms. The molecule has 0 radical (unpaired) electrons. The van der Waals surface area contributed by atoms with Crippen LogP contribution in [0.3, 0.4) is 0 Å². The molecule has 35 heavy (non-hydrogen) atoms. The SMILES string of the molecule is N#Cc1ccc(-c2cc3c(CN4CCCC(N)C4)coc3cc2-c2ccc(C(F)(F)F)cc2)cc1. The topological polar surface area (TPSA) is 66.2 Å². The van der Waals surface area contributed by atoms with Crippen molar-refractivity contribution in [2.75, 3.05) is 13.1 Å². The molecule has 4 nitrogen and oxygen atoms in total. The van der Waals surface area contributed by atoms with Crippen molar-refractivity contribution in [1.29, 1.82) is 5.26 Å². The summed E-state index contributed by atoms with van der Waals surface area (Å²) in [4.78, 5) is 2.32. The van der Waals surface area contributed by atoms with E-state index in [4.69, 9.17) is 10.2 Å². The van der Waals surface area contributed by atoms with Gasteiger partial charge in [-0.1, -0.05) is 24.3 Å². The number of hydrogen-bond acceptors (Lipinski definition) is 4. The van der Waals surface area contributed by atoms with E-state index >= 15 is 0 Å². The predicted octanol–water partition coefficient (Wildman–Crippen LogP) is 6.58. The molecule has 0 spiro atoms. The lowest BCUT2D eigenvalue weighted by molar-refractivity contribution is -0.137. The van der Waals surface area contributed by atoms with Crippen LogP contribution in [0.5, 0.6) is 0 Å². The Bertz CT molecular complexity index is 1380. The third-order valence-corrected chi connectivity index (χ3v) is 6.58. The maximum absolute atomic E-state index is 13.1. The lowest BCUT2D eigenvalue weighted by atomic mass is 9.91. The van der Waals surface area contributed by atoms with Gasteiger partial charge in [0.25, 0.3) is 0 Å². The van der Waals surface area contributed by atoms with Gasteiger partial charge < -0.3 is 10.2 Å². The molecule has 178 valence electrons. The predicted molar refractivity (Wildman–Crippen MR) is 129 cm³/mol. The largest absolute Gasteiger partial charge is 0.464 e. The fourth-order valence-electron chi connectivity index (χ4n) is 4.77. The lowest BCUT2D eigenvalue weighted by Crippen LogP contribution is -2.42. The molecule has 1 atom stereocenters. The van der Waals surface area contributed by atoms with Crippen molar-refractivity contribution in [2.45, 2.75) is 31.6 Å². The molecule has 1 unspecified atom stereocenters. The van der Waals surface area contributed by atoms with Crippen molar-refractivity contribution < 1.29 is 17.6 Å². The summed E-state index contributed by atoms with van der Waals surface area (Å²) < 4.78 is 45.2. The summed E-state index contributed by atoms with van der Waals surface area (Å²) in [5.41, 5.74) is 10.9. The standard InChI is InChI=1S/C28H24F3N3O/c29-28(30,31)22-9-7-20(8-10-22)25-13-27-26(12-24(25)19-5-3-18(14-32)4-6-19)21(17-35-27)15-34-11-1-2-23(33)16-34/h3-10,12-13,17,23H,1-2,11,15-16,33H2. The highest BCUT2D eigenvalue weighted by molar-refractivity contribution is 5.95. The zero-order valence-corrected chi connectivity index (χ0v) is 19.0. The Morgan fingerprint density at radius 3 is 2.29 bits per heavy atom. The van der Waals surface area contributed by atoms with E-state index in [9.17, 15) is 18.4 Å². The van der Waals surface area contributed by atoms with Gasteiger partial charge in [-0.05, 0) is 78.0 Å². The Morgan fingerprint density at radius 1 is 1.00 bits per heavy atom. The van der Waals surface area contributed by atoms with Crippen LogP contribution in [0.4, 0.5) is 13.2 Å². The van der Waals surface area contributed by atoms with Gasteiger partial charge in [0.2, 0.25) is 0 Å². The van der Waals surface area contributed by atoms with Crippen molar-refractivity contribution in [3.05, 3.63) is 83.6 Å². The van der Waals surface area contributed by atoms with Crippen molar-refractivity contribution in [2.24, 2.45) is 5.73 Å². The third kappa shape index (κ3) is 4.81. The number of halogens is 3. The van der Waals surface area contributed by atoms with Crippen LogP contribution < -0.4 is 5.73 Å². The summed E-state index contributed by atoms with van der Waals surface area (Å²) in [6.07, 6.45) is -0.553. The molecule has 0 amide bonds. The van der Waals surface area contributed by atoms with Crippen LogP contribution >= 0.6 is 0 Å². The maximum atomic E-state index is 13.1. The minimum atomic E-state index is -4.40. The van der Waals surface area contributed by atoms with Gasteiger partial charge >= 0.3 is 6.18 Å². The van der Waals surface area contributed by atoms with E-state index in [0.29, 0.717) is 23.3 Å². The Morgan fingerprint density at radius 2 is 1.66 bits per heavy atom. The molecule has 1 aromatic heterocycles. The molecule has 4 aromatic rings. The molecule has 1 aliphatic heterocycles. The first kappa shape index (κ1) is 23.2. The van der Waals surface area contributed by atoms with Gasteiger partial charge in [-0.15, -0.1) is 0 Å². The first-order valence-electron chi connectivity index (χ1n) is 11.5. The summed E-state index contributed by atoms with van der Waals surface area (Å²) in [5.74, 6) is 0. The number of furan rings is 1. The van der Waals surface area contributed by atoms with Crippen molar-refractivity contribution >= 4 is 11.0 Å². The van der Waals surface area contributed by atoms with Gasteiger partial charge in [0.15, 0.2) is 0 Å². The number of nitrogens with zero attached hydrogens (tertiary/aromatic N) is 2. The van der Waals surface area contributed by atoms with Gasteiger partial charge in [0.1, 0.15) is 5.58 Å². The quantitative estimate of drug-likeness (QED) is 0.362. The molecule has 3 aromatic carbocycles. The molecule has 0 saturated carbocycles. The van der Waals surface area contributed by atoms with Crippen LogP contribution in [0.1, 0.15) is 29.5 Å². The minimum Gasteiger partial charge on any atom is -0.464 e. The highest BCUT2D eigenvalue weighted by Crippen LogP contribution is 2.39. The van der Waals surface area contributed by atoms with Crippen LogP contribution in [-0.4, -0.2) is 24.0 Å². The van der Waals surface area contributed by atoms with Crippen LogP contribution in [0.15, 0.2) is 71.3 Å². The van der Waals surface area contributed by atoms with E-state index in [1.807, 2.05) is 24.3 Å². The summed E-state index contributed by atoms with van der Waals surface area (Å²) in [7, 11) is 0. The van der Waals surface area contributed by atoms with Gasteiger partial charge in [0, 0.05) is 30.1 Å². The molecule has 1 aliphatic rings. The first-order valence-corrected chi connectivity index (χ1v) is 11.5. The fraction of sp³-hybridized carbons (Fsp3) is 0.250. The summed E-state index contributed by atoms with van der Waals surface area (Å²) in [6.45, 7) is 2.53. The van der Waals surface area contributed by atoms with Gasteiger partial charge in [-0.2, -0.15) is 18.4 Å². The molecular weight excluding hydrogens is 451 g/mol. The zero-order valence-electron chi connectivity index (χ0n) is 19.0. The highest BCUT2D eigenvalue weighted by Gasteiger charge is 2.30. The second-order valence-electron chi connectivity index (χ2n) is 9.06. The van der Waals surface area contributed by atoms with Crippen LogP contribution in [0.2, 0.25) is 0 Å². The molecule has 1 saturated heterocycles. The minimum absolute atomic E-state index is 0.169. The smallest absolute Gasteiger partial charge is 0.416 e. The molecule has 2 N–H and O–H groups in total. The normalized spacial score (nSPS) is 16.9. The number of likely N-dealkylation sites (tertiary alicyclic amines) is 1. The summed E-state index contributed by atoms with van der Waals surface area (Å²) >= 11 is 0. The van der Waals surface area contributed by atoms with E-state index in [0.717, 1.165) is 65.7 Å². The summed E-state index contributed by atoms with van der Waals surface area (Å²) in [6, 6.07) is 18.5. The van der Waals surface area contributed by atoms with E-state index in [1.165, 1.54) is 12.1 Å². The number of piperidine rings is 1. The number of hydrogen-bond donors (Lipinski definition) is 1. The van der Waals surface area contributed by atoms with Crippen molar-refractivity contribution in [1.82, 2.24) is 4.90 Å². The molecule has 1 fully saturated rings. The monoisotopic (exact) mass is 475 g/mol. The zero-order chi connectivity index (χ0) is 24.6. The van der Waals surface area contributed by atoms with Crippen LogP contribution in [0, 0.1) is 11.3 Å². The Kier molecular flexibility index (Phi) is 6.10. The lowest BCUT2D eigenvalue weighted by Gasteiger charge is -2.30. The third-order valence-electron chi connectivity index (χ3n) is 6.58. The van der Waals surface area contributed by atoms with Gasteiger partial charge in [-0.3, -0.25) is 4.90 Å². The molecule has 0 aliphatic carbocycles. The first-order chi connectivity index (χ1) is 16.8. The van der Waals surface area contributed by atoms with Crippen molar-refractivity contribution in [3.63, 3.8) is 0 Å². The van der Waals surface area contributed by atoms with Gasteiger partial charge in [-0.25, -0.2) is 0 Å². The maximum Gasteiger partial charge on any atom is 0.416 e. The van der Waals surface area contributed by atoms with Crippen LogP contribution in [-0.2, 0) is 12.7 Å². The van der Waals surface area contributed by atoms with Gasteiger partial charge in [0.05, 0.1) is 23.5 Å². The van der Waals surface area contributed by atoms with E-state index in [-0.39, 0.29) is 6.04 Å². The van der Waals surface area contributed by atoms with E-state index in [1.54, 1.807) is 18.4 Å². The Balaban J connectivity index is 1.60. The number of alkyl halides is 3. The van der Waals surface area contributed by atoms with E-state index < -0.39 is 11.7 Å².